The van der Waals surface area contributed by atoms with E-state index in [1.165, 1.54) is 17.4 Å². The van der Waals surface area contributed by atoms with Gasteiger partial charge in [-0.1, -0.05) is 11.6 Å². The zero-order chi connectivity index (χ0) is 17.8. The number of rotatable bonds is 6. The maximum absolute atomic E-state index is 12.4. The molecule has 0 bridgehead atoms. The minimum Gasteiger partial charge on any atom is -0.484 e. The van der Waals surface area contributed by atoms with E-state index in [0.717, 1.165) is 10.3 Å². The Bertz CT molecular complexity index is 949. The molecular formula is C18H16ClNO4S. The van der Waals surface area contributed by atoms with Crippen LogP contribution in [0.5, 0.6) is 5.75 Å². The summed E-state index contributed by atoms with van der Waals surface area (Å²) in [7, 11) is 0. The first-order valence-corrected chi connectivity index (χ1v) is 8.93. The third-order valence-corrected chi connectivity index (χ3v) is 4.88. The molecule has 0 saturated carbocycles. The van der Waals surface area contributed by atoms with Crippen LogP contribution in [0.1, 0.15) is 11.8 Å². The Morgan fingerprint density at radius 3 is 2.76 bits per heavy atom. The predicted molar refractivity (Wildman–Crippen MR) is 98.4 cm³/mol. The number of hydrogen-bond acceptors (Lipinski definition) is 5. The molecule has 5 nitrogen and oxygen atoms in total. The Morgan fingerprint density at radius 2 is 2.04 bits per heavy atom. The zero-order valence-corrected chi connectivity index (χ0v) is 15.1. The third-order valence-electron chi connectivity index (χ3n) is 3.67. The van der Waals surface area contributed by atoms with E-state index in [0.29, 0.717) is 28.8 Å². The van der Waals surface area contributed by atoms with Crippen molar-refractivity contribution < 1.29 is 13.9 Å². The summed E-state index contributed by atoms with van der Waals surface area (Å²) in [5.41, 5.74) is 0.00511. The molecule has 0 aliphatic carbocycles. The molecule has 0 radical (unpaired) electrons. The van der Waals surface area contributed by atoms with Gasteiger partial charge in [-0.15, -0.1) is 11.3 Å². The predicted octanol–water partition coefficient (Wildman–Crippen LogP) is 3.94. The molecule has 2 aromatic heterocycles. The molecule has 3 rings (SSSR count). The summed E-state index contributed by atoms with van der Waals surface area (Å²) in [6.45, 7) is 2.90. The molecule has 0 fully saturated rings. The van der Waals surface area contributed by atoms with Crippen molar-refractivity contribution in [2.45, 2.75) is 13.5 Å². The molecule has 1 amide bonds. The Balaban J connectivity index is 1.65. The van der Waals surface area contributed by atoms with Gasteiger partial charge < -0.3 is 14.1 Å². The van der Waals surface area contributed by atoms with Crippen LogP contribution in [0.2, 0.25) is 4.34 Å². The van der Waals surface area contributed by atoms with Crippen LogP contribution in [0, 0.1) is 0 Å². The standard InChI is InChI=1S/C18H16ClNO4S/c1-2-20(10-14-6-7-16(19)25-14)17(21)11-23-13-5-3-12-4-8-18(22)24-15(12)9-13/h3-9H,2,10-11H2,1H3. The van der Waals surface area contributed by atoms with Gasteiger partial charge in [0.25, 0.3) is 5.91 Å². The first-order valence-electron chi connectivity index (χ1n) is 7.74. The Labute approximate surface area is 153 Å². The maximum Gasteiger partial charge on any atom is 0.336 e. The summed E-state index contributed by atoms with van der Waals surface area (Å²) in [4.78, 5) is 26.4. The van der Waals surface area contributed by atoms with E-state index < -0.39 is 5.63 Å². The molecular weight excluding hydrogens is 362 g/mol. The van der Waals surface area contributed by atoms with Crippen molar-refractivity contribution in [3.8, 4) is 5.75 Å². The number of likely N-dealkylation sites (N-methyl/N-ethyl adjacent to an activating group) is 1. The number of halogens is 1. The van der Waals surface area contributed by atoms with Crippen molar-refractivity contribution >= 4 is 39.8 Å². The smallest absolute Gasteiger partial charge is 0.336 e. The first kappa shape index (κ1) is 17.5. The summed E-state index contributed by atoms with van der Waals surface area (Å²) in [6.07, 6.45) is 0. The molecule has 0 unspecified atom stereocenters. The Kier molecular flexibility index (Phi) is 5.40. The van der Waals surface area contributed by atoms with E-state index in [-0.39, 0.29) is 12.5 Å². The van der Waals surface area contributed by atoms with Crippen molar-refractivity contribution in [1.82, 2.24) is 4.90 Å². The van der Waals surface area contributed by atoms with Gasteiger partial charge in [-0.05, 0) is 37.3 Å². The topological polar surface area (TPSA) is 59.8 Å². The molecule has 0 N–H and O–H groups in total. The fourth-order valence-corrected chi connectivity index (χ4v) is 3.47. The van der Waals surface area contributed by atoms with Crippen LogP contribution in [0.4, 0.5) is 0 Å². The molecule has 0 atom stereocenters. The van der Waals surface area contributed by atoms with Crippen LogP contribution in [-0.4, -0.2) is 24.0 Å². The van der Waals surface area contributed by atoms with E-state index in [1.54, 1.807) is 29.2 Å². The van der Waals surface area contributed by atoms with Crippen LogP contribution in [0.3, 0.4) is 0 Å². The molecule has 0 aliphatic rings. The number of amides is 1. The normalized spacial score (nSPS) is 10.8. The summed E-state index contributed by atoms with van der Waals surface area (Å²) < 4.78 is 11.4. The third kappa shape index (κ3) is 4.41. The fourth-order valence-electron chi connectivity index (χ4n) is 2.37. The molecule has 0 saturated heterocycles. The summed E-state index contributed by atoms with van der Waals surface area (Å²) >= 11 is 7.38. The largest absolute Gasteiger partial charge is 0.484 e. The number of thiophene rings is 1. The lowest BCUT2D eigenvalue weighted by Gasteiger charge is -2.20. The number of benzene rings is 1. The van der Waals surface area contributed by atoms with Gasteiger partial charge in [0, 0.05) is 28.9 Å². The lowest BCUT2D eigenvalue weighted by atomic mass is 10.2. The van der Waals surface area contributed by atoms with Crippen LogP contribution < -0.4 is 10.4 Å². The number of nitrogens with zero attached hydrogens (tertiary/aromatic N) is 1. The summed E-state index contributed by atoms with van der Waals surface area (Å²) in [6, 6.07) is 11.9. The lowest BCUT2D eigenvalue weighted by Crippen LogP contribution is -2.34. The van der Waals surface area contributed by atoms with Gasteiger partial charge in [-0.3, -0.25) is 4.79 Å². The maximum atomic E-state index is 12.4. The number of carbonyl (C=O) groups is 1. The quantitative estimate of drug-likeness (QED) is 0.610. The minimum atomic E-state index is -0.424. The van der Waals surface area contributed by atoms with E-state index in [1.807, 2.05) is 19.1 Å². The molecule has 25 heavy (non-hydrogen) atoms. The van der Waals surface area contributed by atoms with E-state index in [2.05, 4.69) is 0 Å². The minimum absolute atomic E-state index is 0.0878. The second-order valence-corrected chi connectivity index (χ2v) is 7.16. The molecule has 2 heterocycles. The van der Waals surface area contributed by atoms with Crippen molar-refractivity contribution in [2.24, 2.45) is 0 Å². The highest BCUT2D eigenvalue weighted by atomic mass is 35.5. The van der Waals surface area contributed by atoms with Crippen LogP contribution in [-0.2, 0) is 11.3 Å². The molecule has 1 aromatic carbocycles. The van der Waals surface area contributed by atoms with Crippen molar-refractivity contribution in [3.63, 3.8) is 0 Å². The van der Waals surface area contributed by atoms with Gasteiger partial charge >= 0.3 is 5.63 Å². The highest BCUT2D eigenvalue weighted by molar-refractivity contribution is 7.16. The molecule has 0 spiro atoms. The fraction of sp³-hybridized carbons (Fsp3) is 0.222. The zero-order valence-electron chi connectivity index (χ0n) is 13.5. The van der Waals surface area contributed by atoms with Gasteiger partial charge in [0.05, 0.1) is 10.9 Å². The number of hydrogen-bond donors (Lipinski definition) is 0. The van der Waals surface area contributed by atoms with Gasteiger partial charge in [0.2, 0.25) is 0 Å². The van der Waals surface area contributed by atoms with E-state index in [4.69, 9.17) is 20.8 Å². The van der Waals surface area contributed by atoms with E-state index >= 15 is 0 Å². The van der Waals surface area contributed by atoms with Gasteiger partial charge in [-0.2, -0.15) is 0 Å². The molecule has 130 valence electrons. The number of carbonyl (C=O) groups excluding carboxylic acids is 1. The lowest BCUT2D eigenvalue weighted by molar-refractivity contribution is -0.133. The summed E-state index contributed by atoms with van der Waals surface area (Å²) in [5.74, 6) is 0.354. The average Bonchev–Trinajstić information content (AvgIpc) is 3.02. The van der Waals surface area contributed by atoms with Crippen LogP contribution in [0.25, 0.3) is 11.0 Å². The van der Waals surface area contributed by atoms with Crippen molar-refractivity contribution in [1.29, 1.82) is 0 Å². The SMILES string of the molecule is CCN(Cc1ccc(Cl)s1)C(=O)COc1ccc2ccc(=O)oc2c1. The number of fused-ring (bicyclic) bond motifs is 1. The molecule has 7 heteroatoms. The Morgan fingerprint density at radius 1 is 1.24 bits per heavy atom. The second-order valence-electron chi connectivity index (χ2n) is 5.36. The van der Waals surface area contributed by atoms with E-state index in [9.17, 15) is 9.59 Å². The molecule has 3 aromatic rings. The van der Waals surface area contributed by atoms with Crippen molar-refractivity contribution in [2.75, 3.05) is 13.2 Å². The van der Waals surface area contributed by atoms with Crippen molar-refractivity contribution in [3.05, 3.63) is 62.1 Å². The monoisotopic (exact) mass is 377 g/mol. The highest BCUT2D eigenvalue weighted by Gasteiger charge is 2.14. The van der Waals surface area contributed by atoms with Crippen LogP contribution in [0.15, 0.2) is 51.7 Å². The van der Waals surface area contributed by atoms with Gasteiger partial charge in [0.15, 0.2) is 6.61 Å². The van der Waals surface area contributed by atoms with Crippen LogP contribution >= 0.6 is 22.9 Å². The second kappa shape index (κ2) is 7.72. The summed E-state index contributed by atoms with van der Waals surface area (Å²) in [5, 5.41) is 0.794. The highest BCUT2D eigenvalue weighted by Crippen LogP contribution is 2.23. The van der Waals surface area contributed by atoms with Gasteiger partial charge in [-0.25, -0.2) is 4.79 Å². The first-order chi connectivity index (χ1) is 12.0. The molecule has 0 aliphatic heterocycles. The average molecular weight is 378 g/mol. The van der Waals surface area contributed by atoms with Gasteiger partial charge in [0.1, 0.15) is 11.3 Å². The number of ether oxygens (including phenoxy) is 1. The Hall–Kier alpha value is -2.31.